The summed E-state index contributed by atoms with van der Waals surface area (Å²) in [5.74, 6) is 1.31. The molecule has 0 aliphatic rings. The molecule has 2 aromatic heterocycles. The van der Waals surface area contributed by atoms with Gasteiger partial charge in [0.1, 0.15) is 23.3 Å². The zero-order chi connectivity index (χ0) is 16.9. The molecule has 0 spiro atoms. The summed E-state index contributed by atoms with van der Waals surface area (Å²) in [4.78, 5) is 12.1. The van der Waals surface area contributed by atoms with Crippen LogP contribution in [-0.2, 0) is 6.61 Å². The quantitative estimate of drug-likeness (QED) is 0.716. The lowest BCUT2D eigenvalue weighted by atomic mass is 10.1. The van der Waals surface area contributed by atoms with E-state index in [-0.39, 0.29) is 11.1 Å². The Morgan fingerprint density at radius 1 is 1.08 bits per heavy atom. The van der Waals surface area contributed by atoms with Gasteiger partial charge in [0.2, 0.25) is 5.95 Å². The summed E-state index contributed by atoms with van der Waals surface area (Å²) >= 11 is 6.00. The van der Waals surface area contributed by atoms with E-state index in [1.54, 1.807) is 25.6 Å². The van der Waals surface area contributed by atoms with Crippen LogP contribution >= 0.6 is 11.6 Å². The van der Waals surface area contributed by atoms with E-state index in [9.17, 15) is 0 Å². The Labute approximate surface area is 144 Å². The smallest absolute Gasteiger partial charge is 0.221 e. The van der Waals surface area contributed by atoms with Crippen LogP contribution in [0.25, 0.3) is 11.3 Å². The van der Waals surface area contributed by atoms with Crippen LogP contribution in [0.15, 0.2) is 48.8 Å². The Bertz CT molecular complexity index is 823. The maximum Gasteiger partial charge on any atom is 0.221 e. The van der Waals surface area contributed by atoms with Gasteiger partial charge >= 0.3 is 0 Å². The Hall–Kier alpha value is -2.86. The number of benzene rings is 1. The van der Waals surface area contributed by atoms with Crippen molar-refractivity contribution in [2.24, 2.45) is 0 Å². The Morgan fingerprint density at radius 2 is 1.83 bits per heavy atom. The number of rotatable bonds is 5. The summed E-state index contributed by atoms with van der Waals surface area (Å²) in [6.45, 7) is 0.386. The molecule has 122 valence electrons. The third-order valence-electron chi connectivity index (χ3n) is 3.32. The van der Waals surface area contributed by atoms with Crippen molar-refractivity contribution in [2.75, 3.05) is 12.8 Å². The molecule has 0 atom stereocenters. The highest BCUT2D eigenvalue weighted by molar-refractivity contribution is 6.29. The molecule has 0 aliphatic heterocycles. The summed E-state index contributed by atoms with van der Waals surface area (Å²) < 4.78 is 11.4. The molecule has 0 bridgehead atoms. The van der Waals surface area contributed by atoms with Gasteiger partial charge in [-0.1, -0.05) is 17.7 Å². The normalized spacial score (nSPS) is 10.4. The zero-order valence-corrected chi connectivity index (χ0v) is 13.7. The number of hydrogen-bond donors (Lipinski definition) is 1. The van der Waals surface area contributed by atoms with Crippen molar-refractivity contribution in [1.82, 2.24) is 15.0 Å². The summed E-state index contributed by atoms with van der Waals surface area (Å²) in [6, 6.07) is 10.9. The maximum absolute atomic E-state index is 6.00. The van der Waals surface area contributed by atoms with Gasteiger partial charge in [-0.2, -0.15) is 0 Å². The van der Waals surface area contributed by atoms with Crippen molar-refractivity contribution in [1.29, 1.82) is 0 Å². The van der Waals surface area contributed by atoms with Crippen molar-refractivity contribution in [3.05, 3.63) is 59.5 Å². The van der Waals surface area contributed by atoms with Crippen molar-refractivity contribution in [3.63, 3.8) is 0 Å². The highest BCUT2D eigenvalue weighted by atomic mass is 35.5. The fourth-order valence-corrected chi connectivity index (χ4v) is 2.45. The van der Waals surface area contributed by atoms with Crippen LogP contribution in [0.5, 0.6) is 11.5 Å². The number of methoxy groups -OCH3 is 1. The second-order valence-electron chi connectivity index (χ2n) is 4.91. The van der Waals surface area contributed by atoms with Gasteiger partial charge in [0.25, 0.3) is 0 Å². The minimum absolute atomic E-state index is 0.0866. The molecule has 0 fully saturated rings. The molecule has 0 radical (unpaired) electrons. The Kier molecular flexibility index (Phi) is 4.77. The fraction of sp³-hybridized carbons (Fsp3) is 0.118. The minimum atomic E-state index is 0.0866. The number of anilines is 1. The van der Waals surface area contributed by atoms with E-state index >= 15 is 0 Å². The van der Waals surface area contributed by atoms with Crippen molar-refractivity contribution >= 4 is 17.5 Å². The van der Waals surface area contributed by atoms with Crippen molar-refractivity contribution in [3.8, 4) is 22.8 Å². The molecular weight excluding hydrogens is 328 g/mol. The number of hydrogen-bond acceptors (Lipinski definition) is 6. The zero-order valence-electron chi connectivity index (χ0n) is 12.9. The first-order valence-corrected chi connectivity index (χ1v) is 7.54. The standard InChI is InChI=1S/C17H15ClN4O2/c1-23-13-3-2-4-14(24-10-11-5-7-20-8-6-11)16(13)12-9-15(18)22-17(19)21-12/h2-9H,10H2,1H3,(H2,19,21,22). The van der Waals surface area contributed by atoms with Crippen LogP contribution in [0, 0.1) is 0 Å². The van der Waals surface area contributed by atoms with Crippen LogP contribution < -0.4 is 15.2 Å². The fourth-order valence-electron chi connectivity index (χ4n) is 2.26. The van der Waals surface area contributed by atoms with Crippen LogP contribution in [0.3, 0.4) is 0 Å². The van der Waals surface area contributed by atoms with E-state index in [0.717, 1.165) is 5.56 Å². The molecule has 7 heteroatoms. The first-order valence-electron chi connectivity index (χ1n) is 7.16. The van der Waals surface area contributed by atoms with Crippen molar-refractivity contribution in [2.45, 2.75) is 6.61 Å². The lowest BCUT2D eigenvalue weighted by Crippen LogP contribution is -2.01. The molecular formula is C17H15ClN4O2. The molecule has 24 heavy (non-hydrogen) atoms. The van der Waals surface area contributed by atoms with Crippen LogP contribution in [0.4, 0.5) is 5.95 Å². The lowest BCUT2D eigenvalue weighted by molar-refractivity contribution is 0.305. The van der Waals surface area contributed by atoms with Gasteiger partial charge in [-0.25, -0.2) is 9.97 Å². The minimum Gasteiger partial charge on any atom is -0.496 e. The van der Waals surface area contributed by atoms with Crippen molar-refractivity contribution < 1.29 is 9.47 Å². The number of nitrogens with two attached hydrogens (primary N) is 1. The highest BCUT2D eigenvalue weighted by Gasteiger charge is 2.16. The van der Waals surface area contributed by atoms with Gasteiger partial charge in [-0.15, -0.1) is 0 Å². The van der Waals surface area contributed by atoms with Crippen LogP contribution in [0.1, 0.15) is 5.56 Å². The van der Waals surface area contributed by atoms with Crippen LogP contribution in [0.2, 0.25) is 5.15 Å². The summed E-state index contributed by atoms with van der Waals surface area (Å²) in [5.41, 5.74) is 7.92. The second kappa shape index (κ2) is 7.14. The maximum atomic E-state index is 6.00. The van der Waals surface area contributed by atoms with Gasteiger partial charge < -0.3 is 15.2 Å². The van der Waals surface area contributed by atoms with E-state index in [2.05, 4.69) is 15.0 Å². The number of ether oxygens (including phenoxy) is 2. The average Bonchev–Trinajstić information content (AvgIpc) is 2.59. The molecule has 0 unspecified atom stereocenters. The molecule has 0 amide bonds. The molecule has 2 heterocycles. The SMILES string of the molecule is COc1cccc(OCc2ccncc2)c1-c1cc(Cl)nc(N)n1. The van der Waals surface area contributed by atoms with E-state index in [0.29, 0.717) is 29.4 Å². The first kappa shape index (κ1) is 16.0. The molecule has 1 aromatic carbocycles. The lowest BCUT2D eigenvalue weighted by Gasteiger charge is -2.15. The number of nitrogen functional groups attached to an aromatic ring is 1. The number of pyridine rings is 1. The summed E-state index contributed by atoms with van der Waals surface area (Å²) in [7, 11) is 1.58. The molecule has 0 saturated carbocycles. The van der Waals surface area contributed by atoms with E-state index in [1.807, 2.05) is 30.3 Å². The first-order chi connectivity index (χ1) is 11.7. The third-order valence-corrected chi connectivity index (χ3v) is 3.51. The molecule has 3 rings (SSSR count). The molecule has 2 N–H and O–H groups in total. The van der Waals surface area contributed by atoms with Gasteiger partial charge in [0.05, 0.1) is 18.4 Å². The summed E-state index contributed by atoms with van der Waals surface area (Å²) in [5, 5.41) is 0.253. The van der Waals surface area contributed by atoms with Gasteiger partial charge in [-0.3, -0.25) is 4.98 Å². The second-order valence-corrected chi connectivity index (χ2v) is 5.30. The number of halogens is 1. The van der Waals surface area contributed by atoms with Crippen LogP contribution in [-0.4, -0.2) is 22.1 Å². The molecule has 3 aromatic rings. The van der Waals surface area contributed by atoms with E-state index in [4.69, 9.17) is 26.8 Å². The third kappa shape index (κ3) is 3.55. The highest BCUT2D eigenvalue weighted by Crippen LogP contribution is 2.38. The predicted octanol–water partition coefficient (Wildman–Crippen LogP) is 3.36. The number of aromatic nitrogens is 3. The average molecular weight is 343 g/mol. The Morgan fingerprint density at radius 3 is 2.54 bits per heavy atom. The van der Waals surface area contributed by atoms with E-state index < -0.39 is 0 Å². The predicted molar refractivity (Wildman–Crippen MR) is 92.0 cm³/mol. The monoisotopic (exact) mass is 342 g/mol. The Balaban J connectivity index is 2.00. The number of nitrogens with zero attached hydrogens (tertiary/aromatic N) is 3. The molecule has 0 aliphatic carbocycles. The largest absolute Gasteiger partial charge is 0.496 e. The van der Waals surface area contributed by atoms with Gasteiger partial charge in [0, 0.05) is 18.5 Å². The van der Waals surface area contributed by atoms with E-state index in [1.165, 1.54) is 0 Å². The summed E-state index contributed by atoms with van der Waals surface area (Å²) in [6.07, 6.45) is 3.44. The topological polar surface area (TPSA) is 83.2 Å². The van der Waals surface area contributed by atoms with Gasteiger partial charge in [-0.05, 0) is 29.8 Å². The molecule has 0 saturated heterocycles. The molecule has 6 nitrogen and oxygen atoms in total. The van der Waals surface area contributed by atoms with Gasteiger partial charge in [0.15, 0.2) is 0 Å².